The largest absolute Gasteiger partial charge is 0.447 e. The zero-order chi connectivity index (χ0) is 25.4. The highest BCUT2D eigenvalue weighted by atomic mass is 35.5. The number of ether oxygens (including phenoxy) is 1. The third kappa shape index (κ3) is 4.61. The molecular formula is C26H25ClN6O3. The smallest absolute Gasteiger partial charge is 0.417 e. The fourth-order valence-electron chi connectivity index (χ4n) is 4.28. The van der Waals surface area contributed by atoms with Crippen molar-refractivity contribution in [2.75, 3.05) is 16.8 Å². The molecule has 2 aromatic carbocycles. The number of aromatic amines is 1. The van der Waals surface area contributed by atoms with Crippen LogP contribution in [0, 0.1) is 6.92 Å². The van der Waals surface area contributed by atoms with Crippen LogP contribution in [-0.2, 0) is 4.74 Å². The lowest BCUT2D eigenvalue weighted by molar-refractivity contribution is 0.178. The second-order valence-electron chi connectivity index (χ2n) is 8.74. The SMILES string of the molecule is CCC1COC(=O)N1c1nc(C)nc(N[C@H](C)c2cc3cc(-c4ccc(Cl)cc4)ccc3[nH]c2=O)n1. The molecule has 2 atom stereocenters. The molecule has 2 N–H and O–H groups in total. The molecular weight excluding hydrogens is 480 g/mol. The van der Waals surface area contributed by atoms with Crippen LogP contribution in [0.2, 0.25) is 5.02 Å². The predicted molar refractivity (Wildman–Crippen MR) is 140 cm³/mol. The van der Waals surface area contributed by atoms with E-state index in [1.165, 1.54) is 4.90 Å². The van der Waals surface area contributed by atoms with E-state index < -0.39 is 12.1 Å². The van der Waals surface area contributed by atoms with Gasteiger partial charge in [0.2, 0.25) is 11.9 Å². The molecule has 9 nitrogen and oxygen atoms in total. The molecule has 184 valence electrons. The number of aromatic nitrogens is 4. The number of fused-ring (bicyclic) bond motifs is 1. The summed E-state index contributed by atoms with van der Waals surface area (Å²) in [6.45, 7) is 5.85. The molecule has 1 saturated heterocycles. The molecule has 3 heterocycles. The molecule has 0 bridgehead atoms. The maximum absolute atomic E-state index is 12.9. The Kier molecular flexibility index (Phi) is 6.32. The van der Waals surface area contributed by atoms with Crippen LogP contribution in [-0.4, -0.2) is 38.7 Å². The van der Waals surface area contributed by atoms with Crippen LogP contribution in [0.3, 0.4) is 0 Å². The Hall–Kier alpha value is -3.98. The number of carbonyl (C=O) groups excluding carboxylic acids is 1. The quantitative estimate of drug-likeness (QED) is 0.368. The summed E-state index contributed by atoms with van der Waals surface area (Å²) >= 11 is 6.03. The van der Waals surface area contributed by atoms with Gasteiger partial charge in [-0.3, -0.25) is 4.79 Å². The summed E-state index contributed by atoms with van der Waals surface area (Å²) in [5, 5.41) is 4.76. The second kappa shape index (κ2) is 9.58. The number of pyridine rings is 1. The van der Waals surface area contributed by atoms with Gasteiger partial charge in [-0.15, -0.1) is 0 Å². The van der Waals surface area contributed by atoms with Gasteiger partial charge in [0.05, 0.1) is 12.1 Å². The van der Waals surface area contributed by atoms with E-state index in [0.717, 1.165) is 22.0 Å². The van der Waals surface area contributed by atoms with E-state index in [9.17, 15) is 9.59 Å². The number of H-pyrrole nitrogens is 1. The van der Waals surface area contributed by atoms with E-state index in [1.54, 1.807) is 6.92 Å². The number of nitrogens with zero attached hydrogens (tertiary/aromatic N) is 4. The van der Waals surface area contributed by atoms with Crippen LogP contribution >= 0.6 is 11.6 Å². The summed E-state index contributed by atoms with van der Waals surface area (Å²) in [7, 11) is 0. The molecule has 0 radical (unpaired) electrons. The fourth-order valence-corrected chi connectivity index (χ4v) is 4.41. The van der Waals surface area contributed by atoms with Crippen LogP contribution in [0.4, 0.5) is 16.7 Å². The van der Waals surface area contributed by atoms with Gasteiger partial charge >= 0.3 is 6.09 Å². The van der Waals surface area contributed by atoms with Gasteiger partial charge < -0.3 is 15.0 Å². The molecule has 10 heteroatoms. The summed E-state index contributed by atoms with van der Waals surface area (Å²) in [6.07, 6.45) is 0.231. The number of cyclic esters (lactones) is 1. The van der Waals surface area contributed by atoms with Gasteiger partial charge in [0.15, 0.2) is 0 Å². The number of nitrogens with one attached hydrogen (secondary N) is 2. The standard InChI is InChI=1S/C26H25ClN6O3/c1-4-20-13-36-26(35)33(20)25-30-15(3)29-24(32-25)28-14(2)21-12-18-11-17(7-10-22(18)31-23(21)34)16-5-8-19(27)9-6-16/h5-12,14,20H,4,13H2,1-3H3,(H,31,34)(H,28,29,30,32)/t14-,20?/m1/s1. The molecule has 1 unspecified atom stereocenters. The number of hydrogen-bond acceptors (Lipinski definition) is 7. The minimum atomic E-state index is -0.478. The van der Waals surface area contributed by atoms with E-state index >= 15 is 0 Å². The average Bonchev–Trinajstić information content (AvgIpc) is 3.24. The predicted octanol–water partition coefficient (Wildman–Crippen LogP) is 5.25. The summed E-state index contributed by atoms with van der Waals surface area (Å²) in [5.74, 6) is 0.949. The lowest BCUT2D eigenvalue weighted by Crippen LogP contribution is -2.35. The zero-order valence-corrected chi connectivity index (χ0v) is 20.8. The van der Waals surface area contributed by atoms with Gasteiger partial charge in [0.1, 0.15) is 12.4 Å². The Morgan fingerprint density at radius 3 is 2.61 bits per heavy atom. The number of anilines is 2. The normalized spacial score (nSPS) is 16.3. The van der Waals surface area contributed by atoms with Gasteiger partial charge in [0, 0.05) is 16.1 Å². The first-order valence-electron chi connectivity index (χ1n) is 11.7. The number of amides is 1. The minimum absolute atomic E-state index is 0.136. The highest BCUT2D eigenvalue weighted by molar-refractivity contribution is 6.30. The van der Waals surface area contributed by atoms with Crippen LogP contribution in [0.15, 0.2) is 53.3 Å². The van der Waals surface area contributed by atoms with Gasteiger partial charge in [-0.2, -0.15) is 15.0 Å². The number of rotatable bonds is 6. The first-order chi connectivity index (χ1) is 17.3. The van der Waals surface area contributed by atoms with Crippen LogP contribution in [0.1, 0.15) is 37.7 Å². The number of halogens is 1. The van der Waals surface area contributed by atoms with Crippen molar-refractivity contribution in [2.45, 2.75) is 39.3 Å². The molecule has 4 aromatic rings. The average molecular weight is 505 g/mol. The Morgan fingerprint density at radius 1 is 1.11 bits per heavy atom. The highest BCUT2D eigenvalue weighted by Gasteiger charge is 2.35. The lowest BCUT2D eigenvalue weighted by Gasteiger charge is -2.20. The summed E-state index contributed by atoms with van der Waals surface area (Å²) < 4.78 is 5.17. The first kappa shape index (κ1) is 23.7. The van der Waals surface area contributed by atoms with Gasteiger partial charge in [-0.05, 0) is 67.1 Å². The molecule has 1 aliphatic heterocycles. The molecule has 0 saturated carbocycles. The Labute approximate surface area is 212 Å². The summed E-state index contributed by atoms with van der Waals surface area (Å²) in [5.41, 5.74) is 3.10. The van der Waals surface area contributed by atoms with Crippen LogP contribution < -0.4 is 15.8 Å². The van der Waals surface area contributed by atoms with E-state index in [-0.39, 0.29) is 23.5 Å². The number of benzene rings is 2. The molecule has 2 aromatic heterocycles. The third-order valence-corrected chi connectivity index (χ3v) is 6.50. The molecule has 0 aliphatic carbocycles. The lowest BCUT2D eigenvalue weighted by atomic mass is 10.0. The van der Waals surface area contributed by atoms with Crippen molar-refractivity contribution in [1.29, 1.82) is 0 Å². The van der Waals surface area contributed by atoms with E-state index in [2.05, 4.69) is 25.3 Å². The van der Waals surface area contributed by atoms with Gasteiger partial charge in [-0.25, -0.2) is 9.69 Å². The molecule has 1 aliphatic rings. The van der Waals surface area contributed by atoms with E-state index in [0.29, 0.717) is 29.4 Å². The van der Waals surface area contributed by atoms with Gasteiger partial charge in [-0.1, -0.05) is 36.7 Å². The Bertz CT molecular complexity index is 1500. The van der Waals surface area contributed by atoms with Crippen molar-refractivity contribution in [3.8, 4) is 11.1 Å². The van der Waals surface area contributed by atoms with Crippen molar-refractivity contribution in [2.24, 2.45) is 0 Å². The topological polar surface area (TPSA) is 113 Å². The molecule has 5 rings (SSSR count). The number of carbonyl (C=O) groups is 1. The fraction of sp³-hybridized carbons (Fsp3) is 0.269. The Balaban J connectivity index is 1.45. The number of aryl methyl sites for hydroxylation is 1. The third-order valence-electron chi connectivity index (χ3n) is 6.25. The maximum atomic E-state index is 12.9. The molecule has 36 heavy (non-hydrogen) atoms. The second-order valence-corrected chi connectivity index (χ2v) is 9.18. The van der Waals surface area contributed by atoms with Crippen molar-refractivity contribution >= 4 is 40.5 Å². The summed E-state index contributed by atoms with van der Waals surface area (Å²) in [6, 6.07) is 14.8. The van der Waals surface area contributed by atoms with Crippen molar-refractivity contribution in [3.05, 3.63) is 75.3 Å². The zero-order valence-electron chi connectivity index (χ0n) is 20.1. The van der Waals surface area contributed by atoms with Crippen molar-refractivity contribution < 1.29 is 9.53 Å². The monoisotopic (exact) mass is 504 g/mol. The maximum Gasteiger partial charge on any atom is 0.417 e. The molecule has 1 amide bonds. The minimum Gasteiger partial charge on any atom is -0.447 e. The van der Waals surface area contributed by atoms with Crippen molar-refractivity contribution in [3.63, 3.8) is 0 Å². The van der Waals surface area contributed by atoms with Crippen LogP contribution in [0.25, 0.3) is 22.0 Å². The van der Waals surface area contributed by atoms with Crippen LogP contribution in [0.5, 0.6) is 0 Å². The number of hydrogen-bond donors (Lipinski definition) is 2. The molecule has 0 spiro atoms. The van der Waals surface area contributed by atoms with E-state index in [1.807, 2.05) is 62.4 Å². The van der Waals surface area contributed by atoms with Crippen molar-refractivity contribution in [1.82, 2.24) is 19.9 Å². The van der Waals surface area contributed by atoms with Gasteiger partial charge in [0.25, 0.3) is 5.56 Å². The highest BCUT2D eigenvalue weighted by Crippen LogP contribution is 2.27. The van der Waals surface area contributed by atoms with E-state index in [4.69, 9.17) is 16.3 Å². The molecule has 1 fully saturated rings. The first-order valence-corrected chi connectivity index (χ1v) is 12.1. The Morgan fingerprint density at radius 2 is 1.86 bits per heavy atom. The summed E-state index contributed by atoms with van der Waals surface area (Å²) in [4.78, 5) is 42.7.